The Morgan fingerprint density at radius 1 is 1.00 bits per heavy atom. The van der Waals surface area contributed by atoms with Crippen LogP contribution in [0.1, 0.15) is 24.0 Å². The molecule has 0 saturated carbocycles. The minimum atomic E-state index is -3.54. The highest BCUT2D eigenvalue weighted by Gasteiger charge is 2.17. The van der Waals surface area contributed by atoms with Crippen LogP contribution >= 0.6 is 0 Å². The van der Waals surface area contributed by atoms with E-state index in [1.165, 1.54) is 12.0 Å². The molecular weight excluding hydrogens is 362 g/mol. The van der Waals surface area contributed by atoms with Crippen molar-refractivity contribution in [3.05, 3.63) is 60.2 Å². The van der Waals surface area contributed by atoms with Crippen LogP contribution < -0.4 is 4.72 Å². The van der Waals surface area contributed by atoms with Gasteiger partial charge in [-0.15, -0.1) is 0 Å². The summed E-state index contributed by atoms with van der Waals surface area (Å²) in [7, 11) is -3.54. The van der Waals surface area contributed by atoms with Gasteiger partial charge in [0.25, 0.3) is 0 Å². The Bertz CT molecular complexity index is 1030. The number of fused-ring (bicyclic) bond motifs is 1. The number of nitrogens with zero attached hydrogens (tertiary/aromatic N) is 4. The second kappa shape index (κ2) is 7.58. The van der Waals surface area contributed by atoms with Gasteiger partial charge in [-0.2, -0.15) is 0 Å². The standard InChI is InChI=1S/C19H21N5O2S/c25-27(26,17-7-6-15-4-1-2-5-16(15)14-17)23-11-13-24-12-10-22-19(24)18-20-8-3-9-21-18/h3,6-10,12,14,23H,1-2,4-5,11,13H2. The molecule has 0 amide bonds. The Balaban J connectivity index is 1.44. The van der Waals surface area contributed by atoms with E-state index in [0.29, 0.717) is 23.1 Å². The van der Waals surface area contributed by atoms with Crippen molar-refractivity contribution in [1.29, 1.82) is 0 Å². The topological polar surface area (TPSA) is 89.8 Å². The van der Waals surface area contributed by atoms with Gasteiger partial charge in [-0.1, -0.05) is 6.07 Å². The molecule has 27 heavy (non-hydrogen) atoms. The number of aromatic nitrogens is 4. The lowest BCUT2D eigenvalue weighted by atomic mass is 9.92. The summed E-state index contributed by atoms with van der Waals surface area (Å²) in [4.78, 5) is 13.0. The molecule has 3 aromatic rings. The third kappa shape index (κ3) is 3.91. The molecule has 1 aliphatic rings. The predicted octanol–water partition coefficient (Wildman–Crippen LogP) is 2.20. The molecule has 0 radical (unpaired) electrons. The molecule has 2 heterocycles. The highest BCUT2D eigenvalue weighted by atomic mass is 32.2. The van der Waals surface area contributed by atoms with Crippen LogP contribution in [0.25, 0.3) is 11.6 Å². The molecule has 0 fully saturated rings. The Kier molecular flexibility index (Phi) is 5.00. The van der Waals surface area contributed by atoms with Crippen molar-refractivity contribution in [1.82, 2.24) is 24.2 Å². The molecule has 1 aromatic carbocycles. The number of nitrogens with one attached hydrogen (secondary N) is 1. The lowest BCUT2D eigenvalue weighted by Crippen LogP contribution is -2.27. The van der Waals surface area contributed by atoms with Gasteiger partial charge in [-0.25, -0.2) is 28.1 Å². The molecule has 8 heteroatoms. The number of benzene rings is 1. The van der Waals surface area contributed by atoms with Gasteiger partial charge in [-0.3, -0.25) is 0 Å². The number of hydrogen-bond donors (Lipinski definition) is 1. The molecule has 2 aromatic heterocycles. The van der Waals surface area contributed by atoms with E-state index < -0.39 is 10.0 Å². The second-order valence-electron chi connectivity index (χ2n) is 6.55. The van der Waals surface area contributed by atoms with Crippen molar-refractivity contribution in [2.45, 2.75) is 37.1 Å². The van der Waals surface area contributed by atoms with E-state index in [1.807, 2.05) is 16.7 Å². The number of aryl methyl sites for hydroxylation is 2. The molecular formula is C19H21N5O2S. The summed E-state index contributed by atoms with van der Waals surface area (Å²) in [6.45, 7) is 0.702. The van der Waals surface area contributed by atoms with Gasteiger partial charge in [0.1, 0.15) is 0 Å². The molecule has 0 spiro atoms. The van der Waals surface area contributed by atoms with Gasteiger partial charge in [0.15, 0.2) is 11.6 Å². The van der Waals surface area contributed by atoms with Crippen LogP contribution in [-0.2, 0) is 29.4 Å². The van der Waals surface area contributed by atoms with Crippen molar-refractivity contribution in [3.8, 4) is 11.6 Å². The van der Waals surface area contributed by atoms with Gasteiger partial charge in [-0.05, 0) is 55.0 Å². The van der Waals surface area contributed by atoms with Crippen LogP contribution in [0.15, 0.2) is 53.9 Å². The van der Waals surface area contributed by atoms with Crippen molar-refractivity contribution < 1.29 is 8.42 Å². The third-order valence-corrected chi connectivity index (χ3v) is 6.22. The Morgan fingerprint density at radius 3 is 2.59 bits per heavy atom. The average Bonchev–Trinajstić information content (AvgIpc) is 3.16. The molecule has 1 N–H and O–H groups in total. The van der Waals surface area contributed by atoms with Gasteiger partial charge in [0.2, 0.25) is 10.0 Å². The molecule has 4 rings (SSSR count). The zero-order valence-electron chi connectivity index (χ0n) is 14.9. The van der Waals surface area contributed by atoms with E-state index in [2.05, 4.69) is 19.7 Å². The number of sulfonamides is 1. The maximum absolute atomic E-state index is 12.6. The first-order valence-electron chi connectivity index (χ1n) is 9.03. The van der Waals surface area contributed by atoms with Crippen LogP contribution in [-0.4, -0.2) is 34.5 Å². The van der Waals surface area contributed by atoms with Crippen LogP contribution in [0.5, 0.6) is 0 Å². The summed E-state index contributed by atoms with van der Waals surface area (Å²) < 4.78 is 29.8. The summed E-state index contributed by atoms with van der Waals surface area (Å²) >= 11 is 0. The molecule has 0 unspecified atom stereocenters. The molecule has 1 aliphatic carbocycles. The first-order valence-corrected chi connectivity index (χ1v) is 10.5. The first-order chi connectivity index (χ1) is 13.1. The van der Waals surface area contributed by atoms with Crippen molar-refractivity contribution >= 4 is 10.0 Å². The van der Waals surface area contributed by atoms with Crippen LogP contribution in [0.3, 0.4) is 0 Å². The first kappa shape index (κ1) is 17.8. The van der Waals surface area contributed by atoms with E-state index >= 15 is 0 Å². The highest BCUT2D eigenvalue weighted by Crippen LogP contribution is 2.24. The minimum absolute atomic E-state index is 0.260. The maximum atomic E-state index is 12.6. The molecule has 0 atom stereocenters. The van der Waals surface area contributed by atoms with Gasteiger partial charge < -0.3 is 4.57 Å². The SMILES string of the molecule is O=S(=O)(NCCn1ccnc1-c1ncccn1)c1ccc2c(c1)CCCC2. The van der Waals surface area contributed by atoms with Crippen LogP contribution in [0.2, 0.25) is 0 Å². The van der Waals surface area contributed by atoms with Crippen molar-refractivity contribution in [2.24, 2.45) is 0 Å². The van der Waals surface area contributed by atoms with Crippen LogP contribution in [0.4, 0.5) is 0 Å². The Labute approximate surface area is 158 Å². The summed E-state index contributed by atoms with van der Waals surface area (Å²) in [6, 6.07) is 7.21. The largest absolute Gasteiger partial charge is 0.327 e. The van der Waals surface area contributed by atoms with E-state index in [-0.39, 0.29) is 6.54 Å². The van der Waals surface area contributed by atoms with Gasteiger partial charge >= 0.3 is 0 Å². The van der Waals surface area contributed by atoms with Gasteiger partial charge in [0.05, 0.1) is 4.90 Å². The lowest BCUT2D eigenvalue weighted by Gasteiger charge is -2.17. The number of hydrogen-bond acceptors (Lipinski definition) is 5. The summed E-state index contributed by atoms with van der Waals surface area (Å²) in [6.07, 6.45) is 11.0. The lowest BCUT2D eigenvalue weighted by molar-refractivity contribution is 0.572. The summed E-state index contributed by atoms with van der Waals surface area (Å²) in [5.74, 6) is 1.13. The molecule has 140 valence electrons. The van der Waals surface area contributed by atoms with Crippen molar-refractivity contribution in [2.75, 3.05) is 6.54 Å². The normalized spacial score (nSPS) is 14.1. The van der Waals surface area contributed by atoms with E-state index in [9.17, 15) is 8.42 Å². The van der Waals surface area contributed by atoms with Gasteiger partial charge in [0, 0.05) is 37.9 Å². The Hall–Kier alpha value is -2.58. The van der Waals surface area contributed by atoms with E-state index in [0.717, 1.165) is 24.8 Å². The summed E-state index contributed by atoms with van der Waals surface area (Å²) in [5, 5.41) is 0. The number of rotatable bonds is 6. The van der Waals surface area contributed by atoms with E-state index in [1.54, 1.807) is 36.9 Å². The van der Waals surface area contributed by atoms with E-state index in [4.69, 9.17) is 0 Å². The predicted molar refractivity (Wildman–Crippen MR) is 102 cm³/mol. The fourth-order valence-corrected chi connectivity index (χ4v) is 4.44. The van der Waals surface area contributed by atoms with Crippen LogP contribution in [0, 0.1) is 0 Å². The zero-order chi connectivity index (χ0) is 18.7. The fourth-order valence-electron chi connectivity index (χ4n) is 3.37. The molecule has 7 nitrogen and oxygen atoms in total. The summed E-state index contributed by atoms with van der Waals surface area (Å²) in [5.41, 5.74) is 2.42. The number of imidazole rings is 1. The zero-order valence-corrected chi connectivity index (χ0v) is 15.7. The molecule has 0 bridgehead atoms. The fraction of sp³-hybridized carbons (Fsp3) is 0.316. The third-order valence-electron chi connectivity index (χ3n) is 4.76. The average molecular weight is 383 g/mol. The smallest absolute Gasteiger partial charge is 0.240 e. The molecule has 0 aliphatic heterocycles. The Morgan fingerprint density at radius 2 is 1.78 bits per heavy atom. The van der Waals surface area contributed by atoms with Crippen molar-refractivity contribution in [3.63, 3.8) is 0 Å². The highest BCUT2D eigenvalue weighted by molar-refractivity contribution is 7.89. The molecule has 0 saturated heterocycles. The monoisotopic (exact) mass is 383 g/mol. The minimum Gasteiger partial charge on any atom is -0.327 e. The quantitative estimate of drug-likeness (QED) is 0.705. The maximum Gasteiger partial charge on any atom is 0.240 e. The second-order valence-corrected chi connectivity index (χ2v) is 8.32.